The molecule has 0 unspecified atom stereocenters. The number of rotatable bonds is 17. The highest BCUT2D eigenvalue weighted by molar-refractivity contribution is 7.86. The van der Waals surface area contributed by atoms with E-state index < -0.39 is 33.8 Å². The van der Waals surface area contributed by atoms with E-state index >= 15 is 0 Å². The molecule has 268 valence electrons. The summed E-state index contributed by atoms with van der Waals surface area (Å²) in [5, 5.41) is 1.44. The minimum Gasteiger partial charge on any atom is -0.744 e. The van der Waals surface area contributed by atoms with Crippen LogP contribution in [0.3, 0.4) is 0 Å². The molecule has 0 fully saturated rings. The molecule has 0 atom stereocenters. The van der Waals surface area contributed by atoms with Gasteiger partial charge < -0.3 is 27.1 Å². The number of sulfonamides is 1. The smallest absolute Gasteiger partial charge is 0.501 e. The summed E-state index contributed by atoms with van der Waals surface area (Å²) in [6.07, 6.45) is 0.409. The van der Waals surface area contributed by atoms with Gasteiger partial charge in [0.2, 0.25) is 5.36 Å². The van der Waals surface area contributed by atoms with Crippen molar-refractivity contribution in [1.29, 1.82) is 0 Å². The van der Waals surface area contributed by atoms with E-state index in [9.17, 15) is 21.4 Å². The third kappa shape index (κ3) is 8.78. The molecule has 0 aromatic heterocycles. The lowest BCUT2D eigenvalue weighted by Crippen LogP contribution is -2.87. The average Bonchev–Trinajstić information content (AvgIpc) is 3.05. The fraction of sp³-hybridized carbons (Fsp3) is 0.441. The van der Waals surface area contributed by atoms with Gasteiger partial charge in [-0.25, -0.2) is 17.7 Å². The summed E-state index contributed by atoms with van der Waals surface area (Å²) >= 11 is 0. The number of fused-ring (bicyclic) bond motifs is 2. The average molecular weight is 735 g/mol. The Kier molecular flexibility index (Phi) is 12.8. The monoisotopic (exact) mass is 734 g/mol. The Hall–Kier alpha value is -3.15. The van der Waals surface area contributed by atoms with Crippen LogP contribution >= 0.6 is 0 Å². The summed E-state index contributed by atoms with van der Waals surface area (Å²) in [5.74, 6) is 0.482. The van der Waals surface area contributed by atoms with E-state index in [0.717, 1.165) is 34.9 Å². The van der Waals surface area contributed by atoms with Crippen LogP contribution in [0.2, 0.25) is 6.04 Å². The third-order valence-electron chi connectivity index (χ3n) is 8.27. The standard InChI is InChI=1S/C34H47N3O9S2Si/c1-8-37(9-2)26-15-18-29-32(23-26)46-31-22-25(36(6)7)14-17-28(31)34(29)30-19-16-27(24-33(30)48(40,41)42)47(38,39)35-20-13-21-49(43-10-3,44-11-4)45-12-5/h14-19,22-24,35H,8-13,20-21H2,1-7H3/p+1. The van der Waals surface area contributed by atoms with Crippen LogP contribution in [0.5, 0.6) is 0 Å². The molecule has 2 aliphatic rings. The molecule has 0 spiro atoms. The molecule has 2 aromatic rings. The topological polar surface area (TPSA) is 155 Å². The van der Waals surface area contributed by atoms with E-state index in [-0.39, 0.29) is 17.0 Å². The SMILES string of the molecule is CCO[Si](CCC[NH2+]S(=O)(=O)c1ccc(-c2c3ccc(=[N+](C)C)cc-3oc3cc(N(CC)CC)ccc23)c(S(=O)(=O)[O-])c1)(OCC)OCC. The Morgan fingerprint density at radius 1 is 0.837 bits per heavy atom. The number of hydrogen-bond acceptors (Lipinski definition) is 10. The second-order valence-electron chi connectivity index (χ2n) is 11.6. The first-order valence-corrected chi connectivity index (χ1v) is 21.5. The van der Waals surface area contributed by atoms with Crippen molar-refractivity contribution in [3.8, 4) is 22.5 Å². The molecular weight excluding hydrogens is 687 g/mol. The second kappa shape index (κ2) is 16.2. The number of hydrogen-bond donors (Lipinski definition) is 1. The van der Waals surface area contributed by atoms with Crippen molar-refractivity contribution in [3.05, 3.63) is 60.0 Å². The van der Waals surface area contributed by atoms with E-state index in [4.69, 9.17) is 17.7 Å². The van der Waals surface area contributed by atoms with Crippen LogP contribution in [0, 0.1) is 0 Å². The van der Waals surface area contributed by atoms with Gasteiger partial charge in [0.1, 0.15) is 40.5 Å². The van der Waals surface area contributed by atoms with Crippen LogP contribution in [0.15, 0.2) is 68.8 Å². The maximum atomic E-state index is 13.5. The van der Waals surface area contributed by atoms with Crippen LogP contribution in [-0.4, -0.2) is 83.7 Å². The number of primary sulfonamides is 1. The van der Waals surface area contributed by atoms with Crippen molar-refractivity contribution >= 4 is 45.6 Å². The van der Waals surface area contributed by atoms with Crippen LogP contribution in [0.1, 0.15) is 41.0 Å². The van der Waals surface area contributed by atoms with E-state index in [2.05, 4.69) is 18.7 Å². The van der Waals surface area contributed by atoms with Gasteiger partial charge >= 0.3 is 18.8 Å². The second-order valence-corrected chi connectivity index (χ2v) is 17.6. The summed E-state index contributed by atoms with van der Waals surface area (Å²) in [6.45, 7) is 12.5. The minimum atomic E-state index is -5.14. The van der Waals surface area contributed by atoms with Crippen molar-refractivity contribution in [2.45, 2.75) is 56.9 Å². The first-order valence-electron chi connectivity index (χ1n) is 16.6. The Morgan fingerprint density at radius 3 is 2.04 bits per heavy atom. The van der Waals surface area contributed by atoms with Crippen LogP contribution in [0.25, 0.3) is 33.4 Å². The molecule has 0 radical (unpaired) electrons. The number of nitrogens with zero attached hydrogens (tertiary/aromatic N) is 2. The first kappa shape index (κ1) is 38.6. The molecule has 0 bridgehead atoms. The highest BCUT2D eigenvalue weighted by Crippen LogP contribution is 2.43. The highest BCUT2D eigenvalue weighted by Gasteiger charge is 2.40. The van der Waals surface area contributed by atoms with Crippen molar-refractivity contribution in [1.82, 2.24) is 4.58 Å². The van der Waals surface area contributed by atoms with Gasteiger partial charge in [-0.15, -0.1) is 0 Å². The first-order chi connectivity index (χ1) is 23.2. The summed E-state index contributed by atoms with van der Waals surface area (Å²) in [7, 11) is -8.39. The van der Waals surface area contributed by atoms with Gasteiger partial charge in [0.15, 0.2) is 0 Å². The molecular formula is C34H48N3O9S2Si+. The molecule has 2 N–H and O–H groups in total. The summed E-state index contributed by atoms with van der Waals surface area (Å²) in [4.78, 5) is 1.24. The largest absolute Gasteiger partial charge is 0.744 e. The molecule has 49 heavy (non-hydrogen) atoms. The molecule has 1 aliphatic heterocycles. The molecule has 4 rings (SSSR count). The summed E-state index contributed by atoms with van der Waals surface area (Å²) in [5.41, 5.74) is 2.54. The number of nitrogens with two attached hydrogens (primary N) is 1. The van der Waals surface area contributed by atoms with Gasteiger partial charge in [-0.2, -0.15) is 8.42 Å². The predicted molar refractivity (Wildman–Crippen MR) is 191 cm³/mol. The van der Waals surface area contributed by atoms with E-state index in [1.807, 2.05) is 75.8 Å². The predicted octanol–water partition coefficient (Wildman–Crippen LogP) is 3.68. The van der Waals surface area contributed by atoms with E-state index in [0.29, 0.717) is 60.1 Å². The van der Waals surface area contributed by atoms with Crippen molar-refractivity contribution in [2.75, 3.05) is 58.5 Å². The fourth-order valence-electron chi connectivity index (χ4n) is 5.97. The number of quaternary nitrogens is 1. The molecule has 0 amide bonds. The van der Waals surface area contributed by atoms with Gasteiger partial charge in [-0.1, -0.05) is 6.07 Å². The Morgan fingerprint density at radius 2 is 1.47 bits per heavy atom. The molecule has 0 saturated heterocycles. The van der Waals surface area contributed by atoms with E-state index in [1.165, 1.54) is 12.1 Å². The maximum absolute atomic E-state index is 13.5. The molecule has 0 saturated carbocycles. The Balaban J connectivity index is 1.82. The van der Waals surface area contributed by atoms with Crippen LogP contribution < -0.4 is 19.6 Å². The maximum Gasteiger partial charge on any atom is 0.501 e. The third-order valence-corrected chi connectivity index (χ3v) is 13.9. The number of benzene rings is 3. The Bertz CT molecular complexity index is 2010. The van der Waals surface area contributed by atoms with Gasteiger partial charge in [0.05, 0.1) is 17.5 Å². The zero-order valence-electron chi connectivity index (χ0n) is 29.3. The fourth-order valence-corrected chi connectivity index (χ4v) is 10.6. The van der Waals surface area contributed by atoms with Crippen LogP contribution in [0.4, 0.5) is 5.69 Å². The lowest BCUT2D eigenvalue weighted by molar-refractivity contribution is -0.496. The molecule has 1 aliphatic carbocycles. The lowest BCUT2D eigenvalue weighted by atomic mass is 9.93. The zero-order chi connectivity index (χ0) is 36.0. The molecule has 15 heteroatoms. The van der Waals surface area contributed by atoms with Gasteiger partial charge in [0.25, 0.3) is 0 Å². The lowest BCUT2D eigenvalue weighted by Gasteiger charge is -2.28. The molecule has 1 heterocycles. The van der Waals surface area contributed by atoms with Crippen molar-refractivity contribution < 1.29 is 43.8 Å². The number of anilines is 1. The van der Waals surface area contributed by atoms with Crippen molar-refractivity contribution in [3.63, 3.8) is 0 Å². The van der Waals surface area contributed by atoms with E-state index in [1.54, 1.807) is 0 Å². The Labute approximate surface area is 290 Å². The van der Waals surface area contributed by atoms with Crippen molar-refractivity contribution in [2.24, 2.45) is 0 Å². The zero-order valence-corrected chi connectivity index (χ0v) is 31.9. The summed E-state index contributed by atoms with van der Waals surface area (Å²) < 4.78 is 92.6. The van der Waals surface area contributed by atoms with Gasteiger partial charge in [-0.3, -0.25) is 0 Å². The van der Waals surface area contributed by atoms with Gasteiger partial charge in [0, 0.05) is 85.3 Å². The van der Waals surface area contributed by atoms with Crippen LogP contribution in [-0.2, 0) is 33.4 Å². The highest BCUT2D eigenvalue weighted by atomic mass is 32.2. The van der Waals surface area contributed by atoms with Gasteiger partial charge in [-0.05, 0) is 65.0 Å². The molecule has 2 aromatic carbocycles. The quantitative estimate of drug-likeness (QED) is 0.0559. The minimum absolute atomic E-state index is 0.0915. The molecule has 12 nitrogen and oxygen atoms in total. The normalized spacial score (nSPS) is 12.6. The summed E-state index contributed by atoms with van der Waals surface area (Å²) in [6, 6.07) is 15.3.